The highest BCUT2D eigenvalue weighted by atomic mass is 32.2. The second-order valence-corrected chi connectivity index (χ2v) is 9.05. The van der Waals surface area contributed by atoms with E-state index >= 15 is 0 Å². The molecule has 0 unspecified atom stereocenters. The van der Waals surface area contributed by atoms with E-state index in [1.165, 1.54) is 11.3 Å². The van der Waals surface area contributed by atoms with Crippen molar-refractivity contribution in [2.24, 2.45) is 5.92 Å². The molecule has 1 aliphatic heterocycles. The Morgan fingerprint density at radius 2 is 2.19 bits per heavy atom. The van der Waals surface area contributed by atoms with E-state index in [1.807, 2.05) is 31.2 Å². The number of nitrogens with one attached hydrogen (secondary N) is 1. The van der Waals surface area contributed by atoms with Crippen LogP contribution in [-0.4, -0.2) is 33.8 Å². The Morgan fingerprint density at radius 3 is 2.92 bits per heavy atom. The molecule has 2 heterocycles. The van der Waals surface area contributed by atoms with E-state index in [2.05, 4.69) is 29.4 Å². The average Bonchev–Trinajstić information content (AvgIpc) is 3.22. The summed E-state index contributed by atoms with van der Waals surface area (Å²) in [6, 6.07) is 7.72. The normalized spacial score (nSPS) is 18.2. The van der Waals surface area contributed by atoms with E-state index in [9.17, 15) is 9.59 Å². The van der Waals surface area contributed by atoms with Crippen LogP contribution in [0, 0.1) is 12.8 Å². The second-order valence-electron chi connectivity index (χ2n) is 6.39. The van der Waals surface area contributed by atoms with E-state index in [4.69, 9.17) is 0 Å². The summed E-state index contributed by atoms with van der Waals surface area (Å²) in [4.78, 5) is 26.6. The first-order valence-electron chi connectivity index (χ1n) is 8.65. The second kappa shape index (κ2) is 8.18. The number of hydrogen-bond acceptors (Lipinski definition) is 6. The van der Waals surface area contributed by atoms with Crippen molar-refractivity contribution >= 4 is 45.7 Å². The Labute approximate surface area is 161 Å². The van der Waals surface area contributed by atoms with Crippen molar-refractivity contribution in [3.63, 3.8) is 0 Å². The van der Waals surface area contributed by atoms with Gasteiger partial charge in [0.1, 0.15) is 0 Å². The molecule has 2 atom stereocenters. The number of aromatic nitrogens is 2. The quantitative estimate of drug-likeness (QED) is 0.601. The highest BCUT2D eigenvalue weighted by molar-refractivity contribution is 8.01. The number of carbonyl (C=O) groups is 2. The predicted octanol–water partition coefficient (Wildman–Crippen LogP) is 3.73. The minimum atomic E-state index is -0.378. The lowest BCUT2D eigenvalue weighted by Gasteiger charge is -2.18. The van der Waals surface area contributed by atoms with Crippen LogP contribution < -0.4 is 10.2 Å². The number of carbonyl (C=O) groups excluding carboxylic acids is 2. The van der Waals surface area contributed by atoms with Gasteiger partial charge in [-0.2, -0.15) is 0 Å². The van der Waals surface area contributed by atoms with Crippen LogP contribution in [0.2, 0.25) is 0 Å². The molecule has 1 fully saturated rings. The Balaban J connectivity index is 1.63. The fourth-order valence-electron chi connectivity index (χ4n) is 2.75. The molecule has 1 aromatic carbocycles. The number of amides is 2. The van der Waals surface area contributed by atoms with Crippen LogP contribution in [0.4, 0.5) is 10.8 Å². The summed E-state index contributed by atoms with van der Waals surface area (Å²) in [5, 5.41) is 11.9. The molecule has 6 nitrogen and oxygen atoms in total. The largest absolute Gasteiger partial charge is 0.311 e. The van der Waals surface area contributed by atoms with Gasteiger partial charge in [-0.1, -0.05) is 55.1 Å². The molecule has 0 spiro atoms. The minimum Gasteiger partial charge on any atom is -0.311 e. The van der Waals surface area contributed by atoms with Gasteiger partial charge in [0.2, 0.25) is 16.9 Å². The van der Waals surface area contributed by atoms with Crippen molar-refractivity contribution in [3.05, 3.63) is 29.8 Å². The minimum absolute atomic E-state index is 0.0234. The molecule has 0 saturated carbocycles. The molecule has 0 aliphatic carbocycles. The molecule has 8 heteroatoms. The summed E-state index contributed by atoms with van der Waals surface area (Å²) in [6.45, 7) is 6.61. The van der Waals surface area contributed by atoms with E-state index < -0.39 is 0 Å². The number of aryl methyl sites for hydroxylation is 1. The zero-order valence-electron chi connectivity index (χ0n) is 15.1. The molecule has 1 saturated heterocycles. The Bertz CT molecular complexity index is 808. The lowest BCUT2D eigenvalue weighted by Crippen LogP contribution is -2.28. The smallest absolute Gasteiger partial charge is 0.231 e. The summed E-state index contributed by atoms with van der Waals surface area (Å²) >= 11 is 3.03. The summed E-state index contributed by atoms with van der Waals surface area (Å²) in [5.74, 6) is -0.577. The van der Waals surface area contributed by atoms with Crippen molar-refractivity contribution in [2.45, 2.75) is 43.2 Å². The highest BCUT2D eigenvalue weighted by Gasteiger charge is 2.36. The van der Waals surface area contributed by atoms with E-state index in [-0.39, 0.29) is 24.2 Å². The predicted molar refractivity (Wildman–Crippen MR) is 106 cm³/mol. The number of rotatable bonds is 6. The molecule has 0 bridgehead atoms. The van der Waals surface area contributed by atoms with Gasteiger partial charge in [-0.05, 0) is 25.0 Å². The van der Waals surface area contributed by atoms with Crippen LogP contribution in [-0.2, 0) is 9.59 Å². The lowest BCUT2D eigenvalue weighted by molar-refractivity contribution is -0.122. The van der Waals surface area contributed by atoms with E-state index in [0.717, 1.165) is 22.0 Å². The summed E-state index contributed by atoms with van der Waals surface area (Å²) in [6.07, 6.45) is 1.26. The summed E-state index contributed by atoms with van der Waals surface area (Å²) in [7, 11) is 0. The Morgan fingerprint density at radius 1 is 1.42 bits per heavy atom. The molecule has 2 aromatic rings. The van der Waals surface area contributed by atoms with Gasteiger partial charge < -0.3 is 10.2 Å². The van der Waals surface area contributed by atoms with Crippen LogP contribution in [0.25, 0.3) is 0 Å². The fourth-order valence-corrected chi connectivity index (χ4v) is 4.75. The molecule has 3 rings (SSSR count). The van der Waals surface area contributed by atoms with Gasteiger partial charge >= 0.3 is 0 Å². The van der Waals surface area contributed by atoms with Crippen molar-refractivity contribution in [2.75, 3.05) is 16.8 Å². The fraction of sp³-hybridized carbons (Fsp3) is 0.444. The zero-order chi connectivity index (χ0) is 18.7. The topological polar surface area (TPSA) is 75.2 Å². The van der Waals surface area contributed by atoms with Crippen molar-refractivity contribution in [1.29, 1.82) is 0 Å². The van der Waals surface area contributed by atoms with Gasteiger partial charge in [-0.25, -0.2) is 0 Å². The van der Waals surface area contributed by atoms with Crippen LogP contribution in [0.1, 0.15) is 32.3 Å². The number of thioether (sulfide) groups is 1. The van der Waals surface area contributed by atoms with Gasteiger partial charge in [0, 0.05) is 23.9 Å². The van der Waals surface area contributed by atoms with Crippen LogP contribution in [0.3, 0.4) is 0 Å². The number of nitrogens with zero attached hydrogens (tertiary/aromatic N) is 3. The first kappa shape index (κ1) is 18.8. The van der Waals surface area contributed by atoms with Gasteiger partial charge in [0.25, 0.3) is 0 Å². The number of para-hydroxylation sites is 1. The molecule has 1 N–H and O–H groups in total. The molecule has 138 valence electrons. The van der Waals surface area contributed by atoms with Crippen molar-refractivity contribution < 1.29 is 9.59 Å². The molecule has 1 aromatic heterocycles. The third-order valence-corrected chi connectivity index (χ3v) is 6.61. The molecular weight excluding hydrogens is 368 g/mol. The van der Waals surface area contributed by atoms with Gasteiger partial charge in [0.05, 0.1) is 5.92 Å². The third-order valence-electron chi connectivity index (χ3n) is 4.42. The Kier molecular flexibility index (Phi) is 5.93. The van der Waals surface area contributed by atoms with Crippen LogP contribution in [0.15, 0.2) is 28.6 Å². The molecule has 0 radical (unpaired) electrons. The molecule has 1 aliphatic rings. The lowest BCUT2D eigenvalue weighted by atomic mass is 10.1. The monoisotopic (exact) mass is 390 g/mol. The number of benzene rings is 1. The summed E-state index contributed by atoms with van der Waals surface area (Å²) < 4.78 is 0.846. The summed E-state index contributed by atoms with van der Waals surface area (Å²) in [5.41, 5.74) is 1.90. The SMILES string of the molecule is CC[C@@H](C)Sc1nnc(NC(=O)[C@H]2CC(=O)N(c3ccccc3C)C2)s1. The van der Waals surface area contributed by atoms with Gasteiger partial charge in [-0.15, -0.1) is 10.2 Å². The van der Waals surface area contributed by atoms with Crippen molar-refractivity contribution in [1.82, 2.24) is 10.2 Å². The van der Waals surface area contributed by atoms with E-state index in [0.29, 0.717) is 16.9 Å². The maximum absolute atomic E-state index is 12.6. The first-order valence-corrected chi connectivity index (χ1v) is 10.3. The van der Waals surface area contributed by atoms with Crippen LogP contribution >= 0.6 is 23.1 Å². The Hall–Kier alpha value is -1.93. The van der Waals surface area contributed by atoms with Gasteiger partial charge in [0.15, 0.2) is 4.34 Å². The van der Waals surface area contributed by atoms with Crippen LogP contribution in [0.5, 0.6) is 0 Å². The van der Waals surface area contributed by atoms with Gasteiger partial charge in [-0.3, -0.25) is 9.59 Å². The molecular formula is C18H22N4O2S2. The zero-order valence-corrected chi connectivity index (χ0v) is 16.7. The highest BCUT2D eigenvalue weighted by Crippen LogP contribution is 2.31. The first-order chi connectivity index (χ1) is 12.5. The number of anilines is 2. The molecule has 26 heavy (non-hydrogen) atoms. The van der Waals surface area contributed by atoms with Crippen molar-refractivity contribution in [3.8, 4) is 0 Å². The third kappa shape index (κ3) is 4.24. The standard InChI is InChI=1S/C18H22N4O2S2/c1-4-12(3)25-18-21-20-17(26-18)19-16(24)13-9-15(23)22(10-13)14-8-6-5-7-11(14)2/h5-8,12-13H,4,9-10H2,1-3H3,(H,19,20,24)/t12-,13+/m1/s1. The molecule has 2 amide bonds. The number of hydrogen-bond donors (Lipinski definition) is 1. The maximum Gasteiger partial charge on any atom is 0.231 e. The van der Waals surface area contributed by atoms with E-state index in [1.54, 1.807) is 16.7 Å². The maximum atomic E-state index is 12.6. The average molecular weight is 391 g/mol.